The Kier molecular flexibility index (Phi) is 6.39. The van der Waals surface area contributed by atoms with E-state index < -0.39 is 10.0 Å². The molecule has 7 nitrogen and oxygen atoms in total. The summed E-state index contributed by atoms with van der Waals surface area (Å²) in [6.07, 6.45) is 3.37. The van der Waals surface area contributed by atoms with Crippen LogP contribution in [-0.4, -0.2) is 43.2 Å². The number of nitrogens with one attached hydrogen (secondary N) is 1. The second-order valence-corrected chi connectivity index (χ2v) is 8.61. The number of hydrogen-bond acceptors (Lipinski definition) is 5. The minimum absolute atomic E-state index is 0.0358. The van der Waals surface area contributed by atoms with Crippen molar-refractivity contribution in [2.24, 2.45) is 5.92 Å². The molecule has 0 saturated carbocycles. The van der Waals surface area contributed by atoms with Crippen molar-refractivity contribution >= 4 is 15.9 Å². The lowest BCUT2D eigenvalue weighted by molar-refractivity contribution is -0.126. The molecule has 1 saturated heterocycles. The quantitative estimate of drug-likeness (QED) is 0.798. The van der Waals surface area contributed by atoms with Crippen LogP contribution in [0, 0.1) is 17.2 Å². The number of piperidine rings is 1. The van der Waals surface area contributed by atoms with E-state index >= 15 is 0 Å². The van der Waals surface area contributed by atoms with Crippen molar-refractivity contribution in [1.29, 1.82) is 5.26 Å². The number of hydrogen-bond donors (Lipinski definition) is 1. The third kappa shape index (κ3) is 4.74. The molecular formula is C20H22N4O3S. The molecule has 1 aliphatic rings. The summed E-state index contributed by atoms with van der Waals surface area (Å²) in [4.78, 5) is 16.7. The van der Waals surface area contributed by atoms with Crippen molar-refractivity contribution in [2.45, 2.75) is 24.2 Å². The standard InChI is InChI=1S/C20H22N4O3S/c21-15-16-4-6-19(7-5-16)28(26,27)24-13-9-17(10-14-24)20(25)23-12-8-18-3-1-2-11-22-18/h1-7,11,17H,8-10,12-14H2,(H,23,25). The molecule has 2 aromatic rings. The van der Waals surface area contributed by atoms with E-state index in [0.717, 1.165) is 5.69 Å². The summed E-state index contributed by atoms with van der Waals surface area (Å²) in [5, 5.41) is 11.8. The third-order valence-electron chi connectivity index (χ3n) is 4.85. The summed E-state index contributed by atoms with van der Waals surface area (Å²) < 4.78 is 26.9. The van der Waals surface area contributed by atoms with Crippen molar-refractivity contribution in [3.8, 4) is 6.07 Å². The van der Waals surface area contributed by atoms with E-state index in [2.05, 4.69) is 10.3 Å². The minimum Gasteiger partial charge on any atom is -0.355 e. The Labute approximate surface area is 165 Å². The number of pyridine rings is 1. The number of aromatic nitrogens is 1. The minimum atomic E-state index is -3.61. The summed E-state index contributed by atoms with van der Waals surface area (Å²) >= 11 is 0. The van der Waals surface area contributed by atoms with Gasteiger partial charge in [-0.15, -0.1) is 0 Å². The monoisotopic (exact) mass is 398 g/mol. The fourth-order valence-electron chi connectivity index (χ4n) is 3.21. The van der Waals surface area contributed by atoms with Crippen LogP contribution < -0.4 is 5.32 Å². The molecule has 0 radical (unpaired) electrons. The van der Waals surface area contributed by atoms with E-state index in [1.807, 2.05) is 24.3 Å². The molecule has 1 amide bonds. The van der Waals surface area contributed by atoms with Crippen LogP contribution in [0.2, 0.25) is 0 Å². The van der Waals surface area contributed by atoms with Crippen molar-refractivity contribution in [3.63, 3.8) is 0 Å². The van der Waals surface area contributed by atoms with Gasteiger partial charge < -0.3 is 5.32 Å². The average molecular weight is 398 g/mol. The zero-order valence-corrected chi connectivity index (χ0v) is 16.2. The Balaban J connectivity index is 1.50. The Morgan fingerprint density at radius 3 is 2.50 bits per heavy atom. The van der Waals surface area contributed by atoms with Crippen LogP contribution in [-0.2, 0) is 21.2 Å². The van der Waals surface area contributed by atoms with Gasteiger partial charge in [0.2, 0.25) is 15.9 Å². The SMILES string of the molecule is N#Cc1ccc(S(=O)(=O)N2CCC(C(=O)NCCc3ccccn3)CC2)cc1. The first kappa shape index (κ1) is 20.0. The molecule has 28 heavy (non-hydrogen) atoms. The highest BCUT2D eigenvalue weighted by Gasteiger charge is 2.31. The Morgan fingerprint density at radius 1 is 1.18 bits per heavy atom. The molecule has 0 atom stereocenters. The van der Waals surface area contributed by atoms with E-state index in [9.17, 15) is 13.2 Å². The Morgan fingerprint density at radius 2 is 1.89 bits per heavy atom. The van der Waals surface area contributed by atoms with Crippen molar-refractivity contribution < 1.29 is 13.2 Å². The zero-order valence-electron chi connectivity index (χ0n) is 15.4. The van der Waals surface area contributed by atoms with Crippen LogP contribution in [0.25, 0.3) is 0 Å². The van der Waals surface area contributed by atoms with Gasteiger partial charge in [-0.2, -0.15) is 9.57 Å². The molecular weight excluding hydrogens is 376 g/mol. The van der Waals surface area contributed by atoms with Crippen LogP contribution in [0.4, 0.5) is 0 Å². The van der Waals surface area contributed by atoms with Gasteiger partial charge in [0.1, 0.15) is 0 Å². The van der Waals surface area contributed by atoms with Crippen LogP contribution >= 0.6 is 0 Å². The summed E-state index contributed by atoms with van der Waals surface area (Å²) in [5.74, 6) is -0.220. The molecule has 146 valence electrons. The van der Waals surface area contributed by atoms with Gasteiger partial charge in [-0.3, -0.25) is 9.78 Å². The van der Waals surface area contributed by atoms with Crippen molar-refractivity contribution in [3.05, 3.63) is 59.9 Å². The fraction of sp³-hybridized carbons (Fsp3) is 0.350. The first-order chi connectivity index (χ1) is 13.5. The maximum Gasteiger partial charge on any atom is 0.243 e. The molecule has 0 aliphatic carbocycles. The van der Waals surface area contributed by atoms with E-state index in [4.69, 9.17) is 5.26 Å². The number of rotatable bonds is 6. The topological polar surface area (TPSA) is 103 Å². The van der Waals surface area contributed by atoms with E-state index in [0.29, 0.717) is 44.5 Å². The predicted octanol–water partition coefficient (Wildman–Crippen LogP) is 1.71. The van der Waals surface area contributed by atoms with Gasteiger partial charge >= 0.3 is 0 Å². The van der Waals surface area contributed by atoms with E-state index in [-0.39, 0.29) is 16.7 Å². The first-order valence-corrected chi connectivity index (χ1v) is 10.6. The summed E-state index contributed by atoms with van der Waals surface area (Å²) in [5.41, 5.74) is 1.34. The first-order valence-electron chi connectivity index (χ1n) is 9.18. The second-order valence-electron chi connectivity index (χ2n) is 6.68. The molecule has 0 unspecified atom stereocenters. The summed E-state index contributed by atoms with van der Waals surface area (Å²) in [6, 6.07) is 13.5. The van der Waals surface area contributed by atoms with Gasteiger partial charge in [0.25, 0.3) is 0 Å². The zero-order chi connectivity index (χ0) is 20.0. The number of benzene rings is 1. The number of carbonyl (C=O) groups is 1. The number of nitrogens with zero attached hydrogens (tertiary/aromatic N) is 3. The molecule has 8 heteroatoms. The van der Waals surface area contributed by atoms with Crippen LogP contribution in [0.3, 0.4) is 0 Å². The van der Waals surface area contributed by atoms with Crippen molar-refractivity contribution in [2.75, 3.05) is 19.6 Å². The molecule has 1 N–H and O–H groups in total. The van der Waals surface area contributed by atoms with E-state index in [1.165, 1.54) is 28.6 Å². The lowest BCUT2D eigenvalue weighted by Crippen LogP contribution is -2.43. The number of carbonyl (C=O) groups excluding carboxylic acids is 1. The molecule has 1 aromatic heterocycles. The van der Waals surface area contributed by atoms with Gasteiger partial charge in [0.05, 0.1) is 16.5 Å². The highest BCUT2D eigenvalue weighted by Crippen LogP contribution is 2.24. The highest BCUT2D eigenvalue weighted by molar-refractivity contribution is 7.89. The van der Waals surface area contributed by atoms with Gasteiger partial charge in [-0.05, 0) is 49.2 Å². The van der Waals surface area contributed by atoms with Crippen LogP contribution in [0.15, 0.2) is 53.6 Å². The van der Waals surface area contributed by atoms with E-state index in [1.54, 1.807) is 6.20 Å². The predicted molar refractivity (Wildman–Crippen MR) is 104 cm³/mol. The highest BCUT2D eigenvalue weighted by atomic mass is 32.2. The van der Waals surface area contributed by atoms with Crippen LogP contribution in [0.1, 0.15) is 24.1 Å². The van der Waals surface area contributed by atoms with Gasteiger partial charge in [0.15, 0.2) is 0 Å². The molecule has 3 rings (SSSR count). The number of nitriles is 1. The second kappa shape index (κ2) is 8.95. The van der Waals surface area contributed by atoms with Crippen molar-refractivity contribution in [1.82, 2.24) is 14.6 Å². The van der Waals surface area contributed by atoms with Crippen LogP contribution in [0.5, 0.6) is 0 Å². The molecule has 0 spiro atoms. The normalized spacial score (nSPS) is 15.7. The molecule has 2 heterocycles. The third-order valence-corrected chi connectivity index (χ3v) is 6.77. The lowest BCUT2D eigenvalue weighted by atomic mass is 9.97. The maximum absolute atomic E-state index is 12.7. The summed E-state index contributed by atoms with van der Waals surface area (Å²) in [6.45, 7) is 1.13. The largest absolute Gasteiger partial charge is 0.355 e. The molecule has 0 bridgehead atoms. The molecule has 1 fully saturated rings. The summed E-state index contributed by atoms with van der Waals surface area (Å²) in [7, 11) is -3.61. The smallest absolute Gasteiger partial charge is 0.243 e. The molecule has 1 aromatic carbocycles. The Hall–Kier alpha value is -2.76. The maximum atomic E-state index is 12.7. The van der Waals surface area contributed by atoms with Gasteiger partial charge in [0, 0.05) is 43.9 Å². The Bertz CT molecular complexity index is 945. The van der Waals surface area contributed by atoms with Gasteiger partial charge in [-0.25, -0.2) is 8.42 Å². The average Bonchev–Trinajstić information content (AvgIpc) is 2.74. The molecule has 1 aliphatic heterocycles. The number of sulfonamides is 1. The van der Waals surface area contributed by atoms with Gasteiger partial charge in [-0.1, -0.05) is 6.07 Å². The lowest BCUT2D eigenvalue weighted by Gasteiger charge is -2.30. The fourth-order valence-corrected chi connectivity index (χ4v) is 4.68. The number of amides is 1.